The Hall–Kier alpha value is -1.96. The average molecular weight is 236 g/mol. The molecule has 3 nitrogen and oxygen atoms in total. The Morgan fingerprint density at radius 1 is 1.41 bits per heavy atom. The molecule has 17 heavy (non-hydrogen) atoms. The summed E-state index contributed by atoms with van der Waals surface area (Å²) in [5, 5.41) is 8.38. The lowest BCUT2D eigenvalue weighted by atomic mass is 9.97. The number of rotatable bonds is 1. The van der Waals surface area contributed by atoms with Crippen LogP contribution in [0.5, 0.6) is 0 Å². The topological polar surface area (TPSA) is 44.1 Å². The standard InChI is InChI=1S/C12H10F2N2O/c1-16-10-4-3-9(12(13,14)7-15)6-8(10)2-5-11(16)17/h3-4,6H,2,5H2,1H3. The molecule has 0 bridgehead atoms. The molecule has 1 heterocycles. The maximum Gasteiger partial charge on any atom is 0.357 e. The number of amides is 1. The van der Waals surface area contributed by atoms with E-state index in [4.69, 9.17) is 5.26 Å². The van der Waals surface area contributed by atoms with Crippen LogP contribution < -0.4 is 4.90 Å². The number of nitrogens with zero attached hydrogens (tertiary/aromatic N) is 2. The second-order valence-electron chi connectivity index (χ2n) is 3.98. The van der Waals surface area contributed by atoms with Crippen molar-refractivity contribution < 1.29 is 13.6 Å². The van der Waals surface area contributed by atoms with Gasteiger partial charge in [0.05, 0.1) is 0 Å². The van der Waals surface area contributed by atoms with Crippen LogP contribution in [0.4, 0.5) is 14.5 Å². The smallest absolute Gasteiger partial charge is 0.315 e. The highest BCUT2D eigenvalue weighted by molar-refractivity contribution is 5.95. The van der Waals surface area contributed by atoms with Crippen molar-refractivity contribution in [2.24, 2.45) is 0 Å². The van der Waals surface area contributed by atoms with Gasteiger partial charge in [0.1, 0.15) is 6.07 Å². The summed E-state index contributed by atoms with van der Waals surface area (Å²) in [5.41, 5.74) is 1.000. The lowest BCUT2D eigenvalue weighted by Crippen LogP contribution is -2.31. The zero-order valence-electron chi connectivity index (χ0n) is 9.20. The van der Waals surface area contributed by atoms with E-state index < -0.39 is 5.92 Å². The number of anilines is 1. The summed E-state index contributed by atoms with van der Waals surface area (Å²) in [6.07, 6.45) is 0.749. The molecule has 88 valence electrons. The van der Waals surface area contributed by atoms with Gasteiger partial charge < -0.3 is 4.90 Å². The van der Waals surface area contributed by atoms with Crippen molar-refractivity contribution in [3.63, 3.8) is 0 Å². The summed E-state index contributed by atoms with van der Waals surface area (Å²) >= 11 is 0. The first-order valence-corrected chi connectivity index (χ1v) is 5.15. The molecular formula is C12H10F2N2O. The van der Waals surface area contributed by atoms with Gasteiger partial charge in [-0.1, -0.05) is 0 Å². The minimum Gasteiger partial charge on any atom is -0.315 e. The first-order valence-electron chi connectivity index (χ1n) is 5.15. The van der Waals surface area contributed by atoms with Crippen LogP contribution >= 0.6 is 0 Å². The molecule has 1 aromatic rings. The van der Waals surface area contributed by atoms with Crippen LogP contribution in [0.3, 0.4) is 0 Å². The third-order valence-corrected chi connectivity index (χ3v) is 2.93. The third kappa shape index (κ3) is 1.86. The molecule has 0 spiro atoms. The van der Waals surface area contributed by atoms with Gasteiger partial charge in [0, 0.05) is 24.7 Å². The number of fused-ring (bicyclic) bond motifs is 1. The van der Waals surface area contributed by atoms with Crippen molar-refractivity contribution in [3.8, 4) is 6.07 Å². The molecule has 0 unspecified atom stereocenters. The van der Waals surface area contributed by atoms with Gasteiger partial charge in [0.2, 0.25) is 5.91 Å². The molecule has 1 aliphatic rings. The summed E-state index contributed by atoms with van der Waals surface area (Å²) < 4.78 is 26.4. The van der Waals surface area contributed by atoms with E-state index in [0.29, 0.717) is 24.1 Å². The quantitative estimate of drug-likeness (QED) is 0.750. The fourth-order valence-corrected chi connectivity index (χ4v) is 1.92. The number of carbonyl (C=O) groups excluding carboxylic acids is 1. The van der Waals surface area contributed by atoms with Gasteiger partial charge in [-0.15, -0.1) is 0 Å². The van der Waals surface area contributed by atoms with Crippen LogP contribution in [0, 0.1) is 11.3 Å². The second-order valence-corrected chi connectivity index (χ2v) is 3.98. The van der Waals surface area contributed by atoms with Gasteiger partial charge >= 0.3 is 5.92 Å². The van der Waals surface area contributed by atoms with Crippen molar-refractivity contribution in [3.05, 3.63) is 29.3 Å². The minimum absolute atomic E-state index is 0.0303. The van der Waals surface area contributed by atoms with E-state index in [9.17, 15) is 13.6 Å². The first-order chi connectivity index (χ1) is 7.95. The number of aryl methyl sites for hydroxylation is 1. The maximum atomic E-state index is 13.2. The SMILES string of the molecule is CN1C(=O)CCc2cc(C(F)(F)C#N)ccc21. The van der Waals surface area contributed by atoms with Gasteiger partial charge in [0.25, 0.3) is 0 Å². The molecule has 1 aromatic carbocycles. The Morgan fingerprint density at radius 2 is 2.12 bits per heavy atom. The molecule has 0 aliphatic carbocycles. The largest absolute Gasteiger partial charge is 0.357 e. The van der Waals surface area contributed by atoms with Crippen LogP contribution in [0.25, 0.3) is 0 Å². The number of carbonyl (C=O) groups is 1. The molecule has 0 saturated carbocycles. The van der Waals surface area contributed by atoms with Crippen LogP contribution in [0.15, 0.2) is 18.2 Å². The number of benzene rings is 1. The zero-order valence-corrected chi connectivity index (χ0v) is 9.20. The van der Waals surface area contributed by atoms with Crippen molar-refractivity contribution in [2.75, 3.05) is 11.9 Å². The van der Waals surface area contributed by atoms with Gasteiger partial charge in [0.15, 0.2) is 0 Å². The van der Waals surface area contributed by atoms with Crippen molar-refractivity contribution >= 4 is 11.6 Å². The lowest BCUT2D eigenvalue weighted by Gasteiger charge is -2.26. The summed E-state index contributed by atoms with van der Waals surface area (Å²) in [6.45, 7) is 0. The molecular weight excluding hydrogens is 226 g/mol. The monoisotopic (exact) mass is 236 g/mol. The highest BCUT2D eigenvalue weighted by Gasteiger charge is 2.32. The summed E-state index contributed by atoms with van der Waals surface area (Å²) in [5.74, 6) is -3.51. The Balaban J connectivity index is 2.47. The average Bonchev–Trinajstić information content (AvgIpc) is 2.33. The lowest BCUT2D eigenvalue weighted by molar-refractivity contribution is -0.118. The number of hydrogen-bond acceptors (Lipinski definition) is 2. The van der Waals surface area contributed by atoms with E-state index in [1.165, 1.54) is 23.1 Å². The number of alkyl halides is 2. The molecule has 0 N–H and O–H groups in total. The highest BCUT2D eigenvalue weighted by atomic mass is 19.3. The van der Waals surface area contributed by atoms with Crippen LogP contribution in [-0.4, -0.2) is 13.0 Å². The van der Waals surface area contributed by atoms with Gasteiger partial charge in [-0.05, 0) is 30.2 Å². The third-order valence-electron chi connectivity index (χ3n) is 2.93. The van der Waals surface area contributed by atoms with Crippen molar-refractivity contribution in [1.29, 1.82) is 5.26 Å². The van der Waals surface area contributed by atoms with Gasteiger partial charge in [-0.25, -0.2) is 0 Å². The first kappa shape index (κ1) is 11.5. The normalized spacial score (nSPS) is 15.4. The van der Waals surface area contributed by atoms with E-state index in [0.717, 1.165) is 6.07 Å². The molecule has 0 aromatic heterocycles. The summed E-state index contributed by atoms with van der Waals surface area (Å²) in [4.78, 5) is 12.9. The van der Waals surface area contributed by atoms with Crippen molar-refractivity contribution in [2.45, 2.75) is 18.8 Å². The Morgan fingerprint density at radius 3 is 2.76 bits per heavy atom. The highest BCUT2D eigenvalue weighted by Crippen LogP contribution is 2.33. The molecule has 0 atom stereocenters. The fourth-order valence-electron chi connectivity index (χ4n) is 1.92. The van der Waals surface area contributed by atoms with Crippen LogP contribution in [0.2, 0.25) is 0 Å². The predicted octanol–water partition coefficient (Wildman–Crippen LogP) is 2.21. The summed E-state index contributed by atoms with van der Waals surface area (Å²) in [7, 11) is 1.61. The number of halogens is 2. The van der Waals surface area contributed by atoms with Crippen LogP contribution in [-0.2, 0) is 17.1 Å². The Bertz CT molecular complexity index is 520. The second kappa shape index (κ2) is 3.81. The Kier molecular flexibility index (Phi) is 2.58. The van der Waals surface area contributed by atoms with Gasteiger partial charge in [-0.2, -0.15) is 14.0 Å². The zero-order chi connectivity index (χ0) is 12.6. The maximum absolute atomic E-state index is 13.2. The number of hydrogen-bond donors (Lipinski definition) is 0. The minimum atomic E-state index is -3.48. The predicted molar refractivity (Wildman–Crippen MR) is 57.7 cm³/mol. The van der Waals surface area contributed by atoms with E-state index >= 15 is 0 Å². The van der Waals surface area contributed by atoms with E-state index in [-0.39, 0.29) is 11.5 Å². The molecule has 5 heteroatoms. The number of nitriles is 1. The molecule has 0 fully saturated rings. The van der Waals surface area contributed by atoms with Crippen molar-refractivity contribution in [1.82, 2.24) is 0 Å². The Labute approximate surface area is 97.3 Å². The fraction of sp³-hybridized carbons (Fsp3) is 0.333. The molecule has 0 radical (unpaired) electrons. The molecule has 0 saturated heterocycles. The molecule has 1 amide bonds. The summed E-state index contributed by atoms with van der Waals surface area (Å²) in [6, 6.07) is 4.93. The van der Waals surface area contributed by atoms with E-state index in [2.05, 4.69) is 0 Å². The molecule has 2 rings (SSSR count). The van der Waals surface area contributed by atoms with Gasteiger partial charge in [-0.3, -0.25) is 4.79 Å². The van der Waals surface area contributed by atoms with E-state index in [1.54, 1.807) is 7.05 Å². The van der Waals surface area contributed by atoms with Crippen LogP contribution in [0.1, 0.15) is 17.5 Å². The molecule has 1 aliphatic heterocycles. The van der Waals surface area contributed by atoms with E-state index in [1.807, 2.05) is 0 Å².